The SMILES string of the molecule is C[C@]1(C(=O)O)CCN(C(=O)[C@@H]2OCCc3ccccc32)C1. The molecule has 0 bridgehead atoms. The monoisotopic (exact) mass is 289 g/mol. The van der Waals surface area contributed by atoms with Crippen molar-refractivity contribution in [1.82, 2.24) is 4.90 Å². The summed E-state index contributed by atoms with van der Waals surface area (Å²) in [5, 5.41) is 9.27. The molecule has 112 valence electrons. The summed E-state index contributed by atoms with van der Waals surface area (Å²) >= 11 is 0. The largest absolute Gasteiger partial charge is 0.481 e. The number of amides is 1. The summed E-state index contributed by atoms with van der Waals surface area (Å²) < 4.78 is 5.67. The number of carboxylic acid groups (broad SMARTS) is 1. The Hall–Kier alpha value is -1.88. The maximum absolute atomic E-state index is 12.7. The Morgan fingerprint density at radius 3 is 2.86 bits per heavy atom. The van der Waals surface area contributed by atoms with Gasteiger partial charge in [0.05, 0.1) is 12.0 Å². The van der Waals surface area contributed by atoms with Gasteiger partial charge in [0.2, 0.25) is 0 Å². The molecule has 2 heterocycles. The minimum absolute atomic E-state index is 0.118. The topological polar surface area (TPSA) is 66.8 Å². The summed E-state index contributed by atoms with van der Waals surface area (Å²) in [5.41, 5.74) is 1.21. The molecule has 1 aromatic carbocycles. The van der Waals surface area contributed by atoms with Crippen LogP contribution in [0.5, 0.6) is 0 Å². The van der Waals surface area contributed by atoms with Crippen LogP contribution >= 0.6 is 0 Å². The maximum Gasteiger partial charge on any atom is 0.311 e. The molecule has 0 aliphatic carbocycles. The molecule has 5 nitrogen and oxygen atoms in total. The molecule has 3 rings (SSSR count). The van der Waals surface area contributed by atoms with Crippen molar-refractivity contribution in [3.8, 4) is 0 Å². The van der Waals surface area contributed by atoms with E-state index >= 15 is 0 Å². The average Bonchev–Trinajstić information content (AvgIpc) is 2.90. The van der Waals surface area contributed by atoms with Crippen molar-refractivity contribution in [3.05, 3.63) is 35.4 Å². The van der Waals surface area contributed by atoms with E-state index in [0.717, 1.165) is 17.5 Å². The van der Waals surface area contributed by atoms with Gasteiger partial charge in [-0.25, -0.2) is 0 Å². The number of benzene rings is 1. The highest BCUT2D eigenvalue weighted by molar-refractivity contribution is 5.85. The fourth-order valence-corrected chi connectivity index (χ4v) is 3.09. The Morgan fingerprint density at radius 2 is 2.14 bits per heavy atom. The molecule has 0 saturated carbocycles. The van der Waals surface area contributed by atoms with Crippen LogP contribution in [-0.4, -0.2) is 41.6 Å². The molecular weight excluding hydrogens is 270 g/mol. The molecule has 1 fully saturated rings. The second-order valence-corrected chi connectivity index (χ2v) is 6.08. The van der Waals surface area contributed by atoms with Gasteiger partial charge in [-0.15, -0.1) is 0 Å². The summed E-state index contributed by atoms with van der Waals surface area (Å²) in [7, 11) is 0. The summed E-state index contributed by atoms with van der Waals surface area (Å²) in [6.45, 7) is 2.95. The highest BCUT2D eigenvalue weighted by atomic mass is 16.5. The lowest BCUT2D eigenvalue weighted by molar-refractivity contribution is -0.149. The van der Waals surface area contributed by atoms with E-state index in [1.54, 1.807) is 11.8 Å². The van der Waals surface area contributed by atoms with Crippen LogP contribution in [-0.2, 0) is 20.7 Å². The summed E-state index contributed by atoms with van der Waals surface area (Å²) in [5.74, 6) is -0.963. The van der Waals surface area contributed by atoms with Crippen LogP contribution in [0.4, 0.5) is 0 Å². The molecule has 1 aromatic rings. The van der Waals surface area contributed by atoms with Gasteiger partial charge in [0.25, 0.3) is 5.91 Å². The van der Waals surface area contributed by atoms with E-state index in [-0.39, 0.29) is 12.5 Å². The van der Waals surface area contributed by atoms with E-state index in [9.17, 15) is 14.7 Å². The van der Waals surface area contributed by atoms with Gasteiger partial charge in [-0.2, -0.15) is 0 Å². The third kappa shape index (κ3) is 2.42. The van der Waals surface area contributed by atoms with Gasteiger partial charge >= 0.3 is 5.97 Å². The summed E-state index contributed by atoms with van der Waals surface area (Å²) in [6, 6.07) is 7.80. The first-order valence-corrected chi connectivity index (χ1v) is 7.23. The molecule has 5 heteroatoms. The normalized spacial score (nSPS) is 28.2. The minimum atomic E-state index is -0.845. The number of likely N-dealkylation sites (tertiary alicyclic amines) is 1. The Kier molecular flexibility index (Phi) is 3.45. The molecule has 0 aromatic heterocycles. The molecule has 2 atom stereocenters. The van der Waals surface area contributed by atoms with E-state index in [1.165, 1.54) is 0 Å². The third-order valence-corrected chi connectivity index (χ3v) is 4.52. The number of hydrogen-bond acceptors (Lipinski definition) is 3. The lowest BCUT2D eigenvalue weighted by Crippen LogP contribution is -2.39. The van der Waals surface area contributed by atoms with E-state index in [1.807, 2.05) is 24.3 Å². The Labute approximate surface area is 123 Å². The standard InChI is InChI=1S/C16H19NO4/c1-16(15(19)20)7-8-17(10-16)14(18)13-12-5-3-2-4-11(12)6-9-21-13/h2-5,13H,6-10H2,1H3,(H,19,20)/t13-,16+/m1/s1. The molecule has 0 spiro atoms. The summed E-state index contributed by atoms with van der Waals surface area (Å²) in [6.07, 6.45) is 0.709. The molecule has 2 aliphatic rings. The van der Waals surface area contributed by atoms with Crippen LogP contribution in [0.3, 0.4) is 0 Å². The van der Waals surface area contributed by atoms with Crippen molar-refractivity contribution in [2.75, 3.05) is 19.7 Å². The number of ether oxygens (including phenoxy) is 1. The van der Waals surface area contributed by atoms with Crippen LogP contribution in [0, 0.1) is 5.41 Å². The van der Waals surface area contributed by atoms with Crippen LogP contribution in [0.1, 0.15) is 30.6 Å². The fraction of sp³-hybridized carbons (Fsp3) is 0.500. The van der Waals surface area contributed by atoms with Gasteiger partial charge in [-0.3, -0.25) is 9.59 Å². The van der Waals surface area contributed by atoms with E-state index < -0.39 is 17.5 Å². The quantitative estimate of drug-likeness (QED) is 0.898. The van der Waals surface area contributed by atoms with Gasteiger partial charge in [0.1, 0.15) is 0 Å². The number of hydrogen-bond donors (Lipinski definition) is 1. The van der Waals surface area contributed by atoms with E-state index in [2.05, 4.69) is 0 Å². The fourth-order valence-electron chi connectivity index (χ4n) is 3.09. The zero-order valence-electron chi connectivity index (χ0n) is 12.0. The van der Waals surface area contributed by atoms with E-state index in [4.69, 9.17) is 4.74 Å². The maximum atomic E-state index is 12.7. The van der Waals surface area contributed by atoms with Crippen LogP contribution in [0.2, 0.25) is 0 Å². The first-order valence-electron chi connectivity index (χ1n) is 7.23. The van der Waals surface area contributed by atoms with Crippen LogP contribution in [0.15, 0.2) is 24.3 Å². The van der Waals surface area contributed by atoms with Crippen molar-refractivity contribution in [3.63, 3.8) is 0 Å². The molecule has 1 amide bonds. The molecular formula is C16H19NO4. The Morgan fingerprint density at radius 1 is 1.38 bits per heavy atom. The molecule has 1 saturated heterocycles. The lowest BCUT2D eigenvalue weighted by atomic mass is 9.90. The number of rotatable bonds is 2. The van der Waals surface area contributed by atoms with Gasteiger partial charge < -0.3 is 14.7 Å². The number of carbonyl (C=O) groups excluding carboxylic acids is 1. The third-order valence-electron chi connectivity index (χ3n) is 4.52. The number of carboxylic acids is 1. The second kappa shape index (κ2) is 5.15. The number of aliphatic carboxylic acids is 1. The molecule has 0 radical (unpaired) electrons. The van der Waals surface area contributed by atoms with Crippen molar-refractivity contribution in [2.24, 2.45) is 5.41 Å². The molecule has 2 aliphatic heterocycles. The molecule has 21 heavy (non-hydrogen) atoms. The first-order chi connectivity index (χ1) is 10.0. The molecule has 0 unspecified atom stereocenters. The molecule has 1 N–H and O–H groups in total. The van der Waals surface area contributed by atoms with Gasteiger partial charge in [0, 0.05) is 13.1 Å². The lowest BCUT2D eigenvalue weighted by Gasteiger charge is -2.29. The highest BCUT2D eigenvalue weighted by Gasteiger charge is 2.44. The van der Waals surface area contributed by atoms with Gasteiger partial charge in [0.15, 0.2) is 6.10 Å². The van der Waals surface area contributed by atoms with Crippen molar-refractivity contribution in [1.29, 1.82) is 0 Å². The average molecular weight is 289 g/mol. The van der Waals surface area contributed by atoms with Gasteiger partial charge in [-0.1, -0.05) is 24.3 Å². The highest BCUT2D eigenvalue weighted by Crippen LogP contribution is 2.34. The van der Waals surface area contributed by atoms with Crippen molar-refractivity contribution < 1.29 is 19.4 Å². The first kappa shape index (κ1) is 14.1. The Bertz CT molecular complexity index is 585. The number of carbonyl (C=O) groups is 2. The zero-order valence-corrected chi connectivity index (χ0v) is 12.0. The number of nitrogens with zero attached hydrogens (tertiary/aromatic N) is 1. The predicted octanol–water partition coefficient (Wildman–Crippen LogP) is 1.62. The predicted molar refractivity (Wildman–Crippen MR) is 75.8 cm³/mol. The number of fused-ring (bicyclic) bond motifs is 1. The van der Waals surface area contributed by atoms with E-state index in [0.29, 0.717) is 19.6 Å². The van der Waals surface area contributed by atoms with Gasteiger partial charge in [-0.05, 0) is 30.9 Å². The smallest absolute Gasteiger partial charge is 0.311 e. The summed E-state index contributed by atoms with van der Waals surface area (Å²) in [4.78, 5) is 25.6. The van der Waals surface area contributed by atoms with Crippen molar-refractivity contribution in [2.45, 2.75) is 25.9 Å². The second-order valence-electron chi connectivity index (χ2n) is 6.08. The minimum Gasteiger partial charge on any atom is -0.481 e. The van der Waals surface area contributed by atoms with Crippen molar-refractivity contribution >= 4 is 11.9 Å². The van der Waals surface area contributed by atoms with Crippen LogP contribution in [0.25, 0.3) is 0 Å². The van der Waals surface area contributed by atoms with Crippen LogP contribution < -0.4 is 0 Å². The Balaban J connectivity index is 1.80. The zero-order chi connectivity index (χ0) is 15.0.